The highest BCUT2D eigenvalue weighted by atomic mass is 16.2. The minimum absolute atomic E-state index is 0.0529. The molecule has 0 aliphatic carbocycles. The lowest BCUT2D eigenvalue weighted by atomic mass is 9.94. The Morgan fingerprint density at radius 2 is 1.74 bits per heavy atom. The van der Waals surface area contributed by atoms with Crippen molar-refractivity contribution in [2.45, 2.75) is 25.9 Å². The summed E-state index contributed by atoms with van der Waals surface area (Å²) in [4.78, 5) is 16.5. The van der Waals surface area contributed by atoms with Gasteiger partial charge in [0.2, 0.25) is 5.91 Å². The van der Waals surface area contributed by atoms with E-state index in [-0.39, 0.29) is 12.1 Å². The third kappa shape index (κ3) is 3.60. The van der Waals surface area contributed by atoms with Crippen LogP contribution >= 0.6 is 0 Å². The molecular weight excluding hydrogens is 336 g/mol. The van der Waals surface area contributed by atoms with E-state index in [1.165, 1.54) is 11.1 Å². The molecule has 2 aliphatic heterocycles. The molecular formula is C22H26N4O. The Morgan fingerprint density at radius 3 is 2.48 bits per heavy atom. The zero-order valence-electron chi connectivity index (χ0n) is 15.8. The number of piperazine rings is 1. The summed E-state index contributed by atoms with van der Waals surface area (Å²) in [5.74, 6) is 0.276. The first kappa shape index (κ1) is 17.7. The molecule has 2 aromatic rings. The minimum Gasteiger partial charge on any atom is -0.340 e. The summed E-state index contributed by atoms with van der Waals surface area (Å²) in [6.07, 6.45) is 1.61. The topological polar surface area (TPSA) is 47.9 Å². The van der Waals surface area contributed by atoms with Gasteiger partial charge < -0.3 is 4.90 Å². The molecule has 5 nitrogen and oxygen atoms in total. The van der Waals surface area contributed by atoms with Crippen molar-refractivity contribution in [1.82, 2.24) is 15.2 Å². The molecule has 1 N–H and O–H groups in total. The average molecular weight is 362 g/mol. The van der Waals surface area contributed by atoms with E-state index in [4.69, 9.17) is 5.10 Å². The number of hydrazone groups is 1. The number of rotatable bonds is 4. The van der Waals surface area contributed by atoms with E-state index in [9.17, 15) is 4.79 Å². The maximum absolute atomic E-state index is 12.1. The van der Waals surface area contributed by atoms with Gasteiger partial charge in [-0.05, 0) is 12.0 Å². The fraction of sp³-hybridized carbons (Fsp3) is 0.364. The second-order valence-electron chi connectivity index (χ2n) is 7.11. The number of nitrogens with zero attached hydrogens (tertiary/aromatic N) is 3. The predicted octanol–water partition coefficient (Wildman–Crippen LogP) is 2.99. The normalized spacial score (nSPS) is 19.8. The van der Waals surface area contributed by atoms with Crippen LogP contribution in [0.2, 0.25) is 0 Å². The van der Waals surface area contributed by atoms with Gasteiger partial charge in [0.15, 0.2) is 0 Å². The molecule has 0 bridgehead atoms. The molecule has 0 aromatic heterocycles. The second kappa shape index (κ2) is 7.92. The molecule has 2 heterocycles. The predicted molar refractivity (Wildman–Crippen MR) is 107 cm³/mol. The number of carbonyl (C=O) groups excluding carboxylic acids is 1. The smallest absolute Gasteiger partial charge is 0.222 e. The number of hydrogen-bond acceptors (Lipinski definition) is 4. The van der Waals surface area contributed by atoms with Crippen molar-refractivity contribution in [2.24, 2.45) is 5.10 Å². The average Bonchev–Trinajstić information content (AvgIpc) is 2.74. The molecule has 1 saturated heterocycles. The lowest BCUT2D eigenvalue weighted by molar-refractivity contribution is -0.133. The van der Waals surface area contributed by atoms with Gasteiger partial charge in [0.1, 0.15) is 6.17 Å². The number of benzene rings is 2. The van der Waals surface area contributed by atoms with Crippen LogP contribution in [0.3, 0.4) is 0 Å². The summed E-state index contributed by atoms with van der Waals surface area (Å²) in [7, 11) is 0. The van der Waals surface area contributed by atoms with Crippen LogP contribution in [0.1, 0.15) is 42.6 Å². The number of amides is 1. The Morgan fingerprint density at radius 1 is 1.04 bits per heavy atom. The Kier molecular flexibility index (Phi) is 5.21. The standard InChI is InChI=1S/C22H26N4O/c1-2-8-20(27)25-13-15-26(16-14-25)22-19-12-7-6-11-18(19)21(23-24-22)17-9-4-3-5-10-17/h3-7,9-12,22,24H,2,8,13-16H2,1H3. The van der Waals surface area contributed by atoms with Gasteiger partial charge in [-0.15, -0.1) is 0 Å². The first-order valence-corrected chi connectivity index (χ1v) is 9.77. The van der Waals surface area contributed by atoms with E-state index in [0.29, 0.717) is 6.42 Å². The van der Waals surface area contributed by atoms with Crippen LogP contribution in [0.25, 0.3) is 0 Å². The van der Waals surface area contributed by atoms with Gasteiger partial charge in [-0.1, -0.05) is 61.5 Å². The molecule has 4 rings (SSSR count). The van der Waals surface area contributed by atoms with Gasteiger partial charge in [0.25, 0.3) is 0 Å². The Hall–Kier alpha value is -2.66. The quantitative estimate of drug-likeness (QED) is 0.910. The Bertz CT molecular complexity index is 825. The summed E-state index contributed by atoms with van der Waals surface area (Å²) in [6, 6.07) is 18.8. The molecule has 0 saturated carbocycles. The van der Waals surface area contributed by atoms with Gasteiger partial charge in [-0.3, -0.25) is 15.1 Å². The van der Waals surface area contributed by atoms with Crippen molar-refractivity contribution in [1.29, 1.82) is 0 Å². The fourth-order valence-electron chi connectivity index (χ4n) is 3.90. The van der Waals surface area contributed by atoms with Gasteiger partial charge >= 0.3 is 0 Å². The van der Waals surface area contributed by atoms with E-state index in [2.05, 4.69) is 53.6 Å². The molecule has 0 radical (unpaired) electrons. The summed E-state index contributed by atoms with van der Waals surface area (Å²) in [5.41, 5.74) is 7.90. The van der Waals surface area contributed by atoms with Crippen molar-refractivity contribution < 1.29 is 4.79 Å². The molecule has 2 aliphatic rings. The molecule has 1 fully saturated rings. The summed E-state index contributed by atoms with van der Waals surface area (Å²) < 4.78 is 0. The molecule has 2 aromatic carbocycles. The van der Waals surface area contributed by atoms with Crippen molar-refractivity contribution in [3.8, 4) is 0 Å². The number of hydrogen-bond donors (Lipinski definition) is 1. The molecule has 1 unspecified atom stereocenters. The van der Waals surface area contributed by atoms with Gasteiger partial charge in [-0.2, -0.15) is 5.10 Å². The van der Waals surface area contributed by atoms with Crippen LogP contribution in [0.4, 0.5) is 0 Å². The first-order chi connectivity index (χ1) is 13.3. The lowest BCUT2D eigenvalue weighted by Gasteiger charge is -2.41. The largest absolute Gasteiger partial charge is 0.340 e. The highest BCUT2D eigenvalue weighted by molar-refractivity contribution is 6.14. The maximum atomic E-state index is 12.1. The zero-order chi connectivity index (χ0) is 18.6. The van der Waals surface area contributed by atoms with Gasteiger partial charge in [0.05, 0.1) is 5.71 Å². The highest BCUT2D eigenvalue weighted by Crippen LogP contribution is 2.28. The molecule has 1 amide bonds. The van der Waals surface area contributed by atoms with Crippen molar-refractivity contribution in [3.63, 3.8) is 0 Å². The number of nitrogens with one attached hydrogen (secondary N) is 1. The molecule has 27 heavy (non-hydrogen) atoms. The third-order valence-corrected chi connectivity index (χ3v) is 5.35. The molecule has 0 spiro atoms. The van der Waals surface area contributed by atoms with Gasteiger partial charge in [0, 0.05) is 43.7 Å². The SMILES string of the molecule is CCCC(=O)N1CCN(C2NN=C(c3ccccc3)c3ccccc32)CC1. The van der Waals surface area contributed by atoms with E-state index in [1.807, 2.05) is 23.1 Å². The zero-order valence-corrected chi connectivity index (χ0v) is 15.8. The van der Waals surface area contributed by atoms with Crippen LogP contribution in [-0.4, -0.2) is 47.6 Å². The van der Waals surface area contributed by atoms with E-state index >= 15 is 0 Å². The molecule has 1 atom stereocenters. The molecule has 140 valence electrons. The van der Waals surface area contributed by atoms with Crippen LogP contribution in [0, 0.1) is 0 Å². The summed E-state index contributed by atoms with van der Waals surface area (Å²) in [6.45, 7) is 5.34. The van der Waals surface area contributed by atoms with Crippen LogP contribution < -0.4 is 5.43 Å². The summed E-state index contributed by atoms with van der Waals surface area (Å²) >= 11 is 0. The second-order valence-corrected chi connectivity index (χ2v) is 7.11. The molecule has 5 heteroatoms. The van der Waals surface area contributed by atoms with E-state index in [0.717, 1.165) is 43.9 Å². The maximum Gasteiger partial charge on any atom is 0.222 e. The highest BCUT2D eigenvalue weighted by Gasteiger charge is 2.31. The van der Waals surface area contributed by atoms with Crippen LogP contribution in [-0.2, 0) is 4.79 Å². The van der Waals surface area contributed by atoms with E-state index in [1.54, 1.807) is 0 Å². The van der Waals surface area contributed by atoms with Crippen LogP contribution in [0.5, 0.6) is 0 Å². The van der Waals surface area contributed by atoms with E-state index < -0.39 is 0 Å². The van der Waals surface area contributed by atoms with Crippen LogP contribution in [0.15, 0.2) is 59.7 Å². The first-order valence-electron chi connectivity index (χ1n) is 9.77. The Labute approximate surface area is 160 Å². The Balaban J connectivity index is 1.53. The van der Waals surface area contributed by atoms with Gasteiger partial charge in [-0.25, -0.2) is 0 Å². The monoisotopic (exact) mass is 362 g/mol. The van der Waals surface area contributed by atoms with Crippen molar-refractivity contribution in [3.05, 3.63) is 71.3 Å². The number of fused-ring (bicyclic) bond motifs is 1. The minimum atomic E-state index is 0.0529. The number of carbonyl (C=O) groups is 1. The lowest BCUT2D eigenvalue weighted by Crippen LogP contribution is -2.52. The van der Waals surface area contributed by atoms with Crippen molar-refractivity contribution >= 4 is 11.6 Å². The summed E-state index contributed by atoms with van der Waals surface area (Å²) in [5, 5.41) is 4.73. The fourth-order valence-corrected chi connectivity index (χ4v) is 3.90. The third-order valence-electron chi connectivity index (χ3n) is 5.35. The van der Waals surface area contributed by atoms with Crippen molar-refractivity contribution in [2.75, 3.05) is 26.2 Å².